The number of rotatable bonds is 2. The van der Waals surface area contributed by atoms with Gasteiger partial charge in [0, 0.05) is 6.61 Å². The smallest absolute Gasteiger partial charge is 0.308 e. The van der Waals surface area contributed by atoms with Crippen molar-refractivity contribution in [3.8, 4) is 0 Å². The Bertz CT molecular complexity index is 127. The van der Waals surface area contributed by atoms with E-state index in [-0.39, 0.29) is 12.0 Å². The molecule has 2 unspecified atom stereocenters. The molecule has 0 aromatic carbocycles. The third kappa shape index (κ3) is 1.48. The van der Waals surface area contributed by atoms with Gasteiger partial charge in [0.25, 0.3) is 0 Å². The molecule has 0 aromatic rings. The Labute approximate surface area is 60.0 Å². The zero-order chi connectivity index (χ0) is 7.56. The summed E-state index contributed by atoms with van der Waals surface area (Å²) >= 11 is 0. The maximum atomic E-state index is 10.4. The summed E-state index contributed by atoms with van der Waals surface area (Å²) in [6, 6.07) is 0. The molecule has 10 heavy (non-hydrogen) atoms. The largest absolute Gasteiger partial charge is 0.481 e. The van der Waals surface area contributed by atoms with E-state index in [9.17, 15) is 4.79 Å². The van der Waals surface area contributed by atoms with E-state index >= 15 is 0 Å². The monoisotopic (exact) mass is 144 g/mol. The lowest BCUT2D eigenvalue weighted by atomic mass is 10.0. The van der Waals surface area contributed by atoms with Gasteiger partial charge in [0.15, 0.2) is 0 Å². The molecule has 1 heterocycles. The molecule has 0 spiro atoms. The maximum Gasteiger partial charge on any atom is 0.308 e. The van der Waals surface area contributed by atoms with Gasteiger partial charge >= 0.3 is 5.97 Å². The van der Waals surface area contributed by atoms with E-state index in [0.29, 0.717) is 0 Å². The number of hydrogen-bond donors (Lipinski definition) is 1. The molecule has 0 saturated carbocycles. The molecule has 1 aliphatic rings. The Morgan fingerprint density at radius 3 is 2.90 bits per heavy atom. The van der Waals surface area contributed by atoms with E-state index < -0.39 is 5.97 Å². The van der Waals surface area contributed by atoms with E-state index in [2.05, 4.69) is 0 Å². The van der Waals surface area contributed by atoms with Crippen LogP contribution in [0.4, 0.5) is 0 Å². The molecule has 0 aromatic heterocycles. The summed E-state index contributed by atoms with van der Waals surface area (Å²) in [6.45, 7) is 2.42. The minimum absolute atomic E-state index is 0.0440. The van der Waals surface area contributed by atoms with Crippen molar-refractivity contribution < 1.29 is 14.6 Å². The molecule has 1 saturated heterocycles. The van der Waals surface area contributed by atoms with Crippen LogP contribution in [0.5, 0.6) is 0 Å². The second-order valence-corrected chi connectivity index (χ2v) is 2.68. The zero-order valence-electron chi connectivity index (χ0n) is 6.04. The van der Waals surface area contributed by atoms with Crippen molar-refractivity contribution in [2.24, 2.45) is 5.92 Å². The highest BCUT2D eigenvalue weighted by Gasteiger charge is 2.26. The average Bonchev–Trinajstić information content (AvgIpc) is 2.36. The number of carboxylic acids is 1. The van der Waals surface area contributed by atoms with Crippen LogP contribution >= 0.6 is 0 Å². The van der Waals surface area contributed by atoms with E-state index in [0.717, 1.165) is 19.4 Å². The molecule has 2 atom stereocenters. The molecule has 1 rings (SSSR count). The number of carbonyl (C=O) groups is 1. The van der Waals surface area contributed by atoms with Crippen molar-refractivity contribution in [2.75, 3.05) is 6.61 Å². The van der Waals surface area contributed by atoms with Gasteiger partial charge in [-0.25, -0.2) is 0 Å². The summed E-state index contributed by atoms with van der Waals surface area (Å²) in [5.41, 5.74) is 0. The summed E-state index contributed by atoms with van der Waals surface area (Å²) in [5, 5.41) is 8.56. The quantitative estimate of drug-likeness (QED) is 0.626. The fourth-order valence-corrected chi connectivity index (χ4v) is 1.16. The number of ether oxygens (including phenoxy) is 1. The van der Waals surface area contributed by atoms with Crippen LogP contribution in [-0.2, 0) is 9.53 Å². The number of aliphatic carboxylic acids is 1. The fourth-order valence-electron chi connectivity index (χ4n) is 1.16. The summed E-state index contributed by atoms with van der Waals surface area (Å²) < 4.78 is 5.20. The third-order valence-electron chi connectivity index (χ3n) is 1.91. The average molecular weight is 144 g/mol. The first kappa shape index (κ1) is 7.54. The molecule has 58 valence electrons. The van der Waals surface area contributed by atoms with Crippen molar-refractivity contribution in [1.29, 1.82) is 0 Å². The Kier molecular flexibility index (Phi) is 2.27. The first-order valence-electron chi connectivity index (χ1n) is 3.56. The van der Waals surface area contributed by atoms with Crippen LogP contribution in [-0.4, -0.2) is 23.8 Å². The van der Waals surface area contributed by atoms with Crippen molar-refractivity contribution in [3.63, 3.8) is 0 Å². The second kappa shape index (κ2) is 3.01. The van der Waals surface area contributed by atoms with E-state index in [1.54, 1.807) is 6.92 Å². The molecule has 0 aliphatic carbocycles. The van der Waals surface area contributed by atoms with Gasteiger partial charge in [-0.05, 0) is 19.8 Å². The minimum atomic E-state index is -0.757. The molecular weight excluding hydrogens is 132 g/mol. The van der Waals surface area contributed by atoms with Crippen LogP contribution in [0.2, 0.25) is 0 Å². The summed E-state index contributed by atoms with van der Waals surface area (Å²) in [5.74, 6) is -1.10. The lowest BCUT2D eigenvalue weighted by Gasteiger charge is -2.12. The normalized spacial score (nSPS) is 28.3. The Hall–Kier alpha value is -0.570. The second-order valence-electron chi connectivity index (χ2n) is 2.68. The lowest BCUT2D eigenvalue weighted by molar-refractivity contribution is -0.145. The summed E-state index contributed by atoms with van der Waals surface area (Å²) in [6.07, 6.45) is 1.85. The molecular formula is C7H12O3. The van der Waals surface area contributed by atoms with E-state index in [1.165, 1.54) is 0 Å². The molecule has 1 fully saturated rings. The van der Waals surface area contributed by atoms with E-state index in [4.69, 9.17) is 9.84 Å². The van der Waals surface area contributed by atoms with Crippen LogP contribution in [0, 0.1) is 5.92 Å². The van der Waals surface area contributed by atoms with Gasteiger partial charge in [-0.3, -0.25) is 4.79 Å². The number of carboxylic acid groups (broad SMARTS) is 1. The van der Waals surface area contributed by atoms with Crippen LogP contribution < -0.4 is 0 Å². The third-order valence-corrected chi connectivity index (χ3v) is 1.91. The zero-order valence-corrected chi connectivity index (χ0v) is 6.04. The molecule has 0 radical (unpaired) electrons. The SMILES string of the molecule is CC(C(=O)O)C1CCCO1. The van der Waals surface area contributed by atoms with Crippen molar-refractivity contribution in [1.82, 2.24) is 0 Å². The van der Waals surface area contributed by atoms with Crippen LogP contribution in [0.3, 0.4) is 0 Å². The fraction of sp³-hybridized carbons (Fsp3) is 0.857. The Morgan fingerprint density at radius 2 is 2.50 bits per heavy atom. The van der Waals surface area contributed by atoms with Crippen LogP contribution in [0.1, 0.15) is 19.8 Å². The highest BCUT2D eigenvalue weighted by Crippen LogP contribution is 2.19. The van der Waals surface area contributed by atoms with Crippen molar-refractivity contribution in [2.45, 2.75) is 25.9 Å². The first-order chi connectivity index (χ1) is 4.72. The van der Waals surface area contributed by atoms with E-state index in [1.807, 2.05) is 0 Å². The minimum Gasteiger partial charge on any atom is -0.481 e. The predicted octanol–water partition coefficient (Wildman–Crippen LogP) is 0.886. The van der Waals surface area contributed by atoms with Gasteiger partial charge in [0.1, 0.15) is 0 Å². The van der Waals surface area contributed by atoms with Gasteiger partial charge < -0.3 is 9.84 Å². The highest BCUT2D eigenvalue weighted by atomic mass is 16.5. The van der Waals surface area contributed by atoms with Crippen LogP contribution in [0.25, 0.3) is 0 Å². The van der Waals surface area contributed by atoms with Gasteiger partial charge in [-0.15, -0.1) is 0 Å². The Balaban J connectivity index is 2.39. The molecule has 1 aliphatic heterocycles. The summed E-state index contributed by atoms with van der Waals surface area (Å²) in [4.78, 5) is 10.4. The highest BCUT2D eigenvalue weighted by molar-refractivity contribution is 5.70. The van der Waals surface area contributed by atoms with Gasteiger partial charge in [-0.2, -0.15) is 0 Å². The van der Waals surface area contributed by atoms with Gasteiger partial charge in [0.05, 0.1) is 12.0 Å². The Morgan fingerprint density at radius 1 is 1.80 bits per heavy atom. The molecule has 3 nitrogen and oxygen atoms in total. The first-order valence-corrected chi connectivity index (χ1v) is 3.56. The predicted molar refractivity (Wildman–Crippen MR) is 35.8 cm³/mol. The molecule has 3 heteroatoms. The number of hydrogen-bond acceptors (Lipinski definition) is 2. The molecule has 0 bridgehead atoms. The van der Waals surface area contributed by atoms with Crippen molar-refractivity contribution in [3.05, 3.63) is 0 Å². The van der Waals surface area contributed by atoms with Gasteiger partial charge in [0.2, 0.25) is 0 Å². The summed E-state index contributed by atoms with van der Waals surface area (Å²) in [7, 11) is 0. The molecule has 1 N–H and O–H groups in total. The van der Waals surface area contributed by atoms with Gasteiger partial charge in [-0.1, -0.05) is 0 Å². The maximum absolute atomic E-state index is 10.4. The lowest BCUT2D eigenvalue weighted by Crippen LogP contribution is -2.24. The topological polar surface area (TPSA) is 46.5 Å². The van der Waals surface area contributed by atoms with Crippen molar-refractivity contribution >= 4 is 5.97 Å². The molecule has 0 amide bonds. The van der Waals surface area contributed by atoms with Crippen LogP contribution in [0.15, 0.2) is 0 Å². The standard InChI is InChI=1S/C7H12O3/c1-5(7(8)9)6-3-2-4-10-6/h5-6H,2-4H2,1H3,(H,8,9).